The highest BCUT2D eigenvalue weighted by atomic mass is 35.5. The van der Waals surface area contributed by atoms with Gasteiger partial charge in [-0.15, -0.1) is 11.8 Å². The molecule has 220 valence electrons. The van der Waals surface area contributed by atoms with Crippen molar-refractivity contribution in [2.24, 2.45) is 5.92 Å². The molecule has 3 aromatic carbocycles. The molecule has 0 aliphatic heterocycles. The number of aryl methyl sites for hydroxylation is 1. The molecular weight excluding hydrogens is 578 g/mol. The molecule has 41 heavy (non-hydrogen) atoms. The highest BCUT2D eigenvalue weighted by Gasteiger charge is 2.33. The molecule has 10 heteroatoms. The summed E-state index contributed by atoms with van der Waals surface area (Å²) in [6.07, 6.45) is 2.27. The third-order valence-electron chi connectivity index (χ3n) is 6.58. The Bertz CT molecular complexity index is 1410. The molecule has 1 atom stereocenters. The van der Waals surface area contributed by atoms with E-state index in [1.165, 1.54) is 16.7 Å². The second-order valence-electron chi connectivity index (χ2n) is 10.2. The van der Waals surface area contributed by atoms with Gasteiger partial charge in [0.2, 0.25) is 11.8 Å². The first-order chi connectivity index (χ1) is 19.5. The Kier molecular flexibility index (Phi) is 11.7. The molecule has 3 aromatic rings. The van der Waals surface area contributed by atoms with E-state index in [4.69, 9.17) is 11.6 Å². The minimum atomic E-state index is -4.11. The Labute approximate surface area is 253 Å². The first-order valence-corrected chi connectivity index (χ1v) is 16.6. The molecule has 1 unspecified atom stereocenters. The number of sulfonamides is 1. The molecule has 1 N–H and O–H groups in total. The molecule has 0 saturated heterocycles. The number of rotatable bonds is 13. The van der Waals surface area contributed by atoms with Crippen molar-refractivity contribution in [3.63, 3.8) is 0 Å². The first-order valence-electron chi connectivity index (χ1n) is 13.5. The number of amides is 2. The van der Waals surface area contributed by atoms with Gasteiger partial charge >= 0.3 is 0 Å². The van der Waals surface area contributed by atoms with Crippen LogP contribution in [0.5, 0.6) is 0 Å². The SMILES string of the molecule is CCC(C(=O)NCC(C)C)N(Cc1ccc(Cl)cc1)C(=O)CN(c1ccc(C)cc1)S(=O)(=O)c1ccc(SC)cc1. The minimum absolute atomic E-state index is 0.0784. The number of hydrogen-bond donors (Lipinski definition) is 1. The quantitative estimate of drug-likeness (QED) is 0.233. The van der Waals surface area contributed by atoms with Gasteiger partial charge in [0, 0.05) is 23.0 Å². The number of nitrogens with zero attached hydrogens (tertiary/aromatic N) is 2. The van der Waals surface area contributed by atoms with E-state index < -0.39 is 28.5 Å². The van der Waals surface area contributed by atoms with Crippen molar-refractivity contribution in [1.82, 2.24) is 10.2 Å². The summed E-state index contributed by atoms with van der Waals surface area (Å²) >= 11 is 7.59. The van der Waals surface area contributed by atoms with E-state index in [1.807, 2.05) is 34.0 Å². The lowest BCUT2D eigenvalue weighted by atomic mass is 10.1. The normalized spacial score (nSPS) is 12.2. The van der Waals surface area contributed by atoms with E-state index >= 15 is 0 Å². The van der Waals surface area contributed by atoms with Crippen LogP contribution in [-0.4, -0.2) is 50.5 Å². The van der Waals surface area contributed by atoms with Crippen LogP contribution in [-0.2, 0) is 26.2 Å². The van der Waals surface area contributed by atoms with Crippen LogP contribution in [0, 0.1) is 12.8 Å². The van der Waals surface area contributed by atoms with Crippen LogP contribution in [0.15, 0.2) is 82.6 Å². The molecule has 0 aromatic heterocycles. The Hall–Kier alpha value is -3.01. The van der Waals surface area contributed by atoms with E-state index in [2.05, 4.69) is 5.32 Å². The number of benzene rings is 3. The summed E-state index contributed by atoms with van der Waals surface area (Å²) in [6.45, 7) is 7.84. The Morgan fingerprint density at radius 3 is 2.10 bits per heavy atom. The largest absolute Gasteiger partial charge is 0.354 e. The number of carbonyl (C=O) groups is 2. The van der Waals surface area contributed by atoms with Crippen molar-refractivity contribution in [3.8, 4) is 0 Å². The molecule has 0 aliphatic rings. The number of carbonyl (C=O) groups excluding carboxylic acids is 2. The van der Waals surface area contributed by atoms with Crippen molar-refractivity contribution in [2.75, 3.05) is 23.7 Å². The number of nitrogens with one attached hydrogen (secondary N) is 1. The fourth-order valence-electron chi connectivity index (χ4n) is 4.24. The molecular formula is C31H38ClN3O4S2. The van der Waals surface area contributed by atoms with Crippen molar-refractivity contribution in [1.29, 1.82) is 0 Å². The van der Waals surface area contributed by atoms with Gasteiger partial charge in [-0.1, -0.05) is 62.2 Å². The lowest BCUT2D eigenvalue weighted by Crippen LogP contribution is -2.52. The number of anilines is 1. The molecule has 0 saturated carbocycles. The van der Waals surface area contributed by atoms with Crippen LogP contribution in [0.25, 0.3) is 0 Å². The Balaban J connectivity index is 2.03. The summed E-state index contributed by atoms with van der Waals surface area (Å²) in [4.78, 5) is 29.8. The summed E-state index contributed by atoms with van der Waals surface area (Å²) < 4.78 is 29.1. The molecule has 0 bridgehead atoms. The molecule has 0 fully saturated rings. The molecule has 3 rings (SSSR count). The smallest absolute Gasteiger partial charge is 0.264 e. The van der Waals surface area contributed by atoms with E-state index in [0.29, 0.717) is 23.7 Å². The molecule has 0 spiro atoms. The van der Waals surface area contributed by atoms with E-state index in [9.17, 15) is 18.0 Å². The maximum absolute atomic E-state index is 14.1. The van der Waals surface area contributed by atoms with Gasteiger partial charge in [-0.3, -0.25) is 13.9 Å². The lowest BCUT2D eigenvalue weighted by Gasteiger charge is -2.33. The summed E-state index contributed by atoms with van der Waals surface area (Å²) in [5.41, 5.74) is 2.09. The third-order valence-corrected chi connectivity index (χ3v) is 9.37. The monoisotopic (exact) mass is 615 g/mol. The molecule has 7 nitrogen and oxygen atoms in total. The van der Waals surface area contributed by atoms with Gasteiger partial charge in [-0.25, -0.2) is 8.42 Å². The Morgan fingerprint density at radius 2 is 1.56 bits per heavy atom. The van der Waals surface area contributed by atoms with Crippen LogP contribution in [0.3, 0.4) is 0 Å². The second-order valence-corrected chi connectivity index (χ2v) is 13.4. The minimum Gasteiger partial charge on any atom is -0.354 e. The predicted molar refractivity (Wildman–Crippen MR) is 168 cm³/mol. The first kappa shape index (κ1) is 32.5. The molecule has 0 heterocycles. The van der Waals surface area contributed by atoms with Crippen molar-refractivity contribution >= 4 is 50.9 Å². The van der Waals surface area contributed by atoms with Crippen LogP contribution in [0.4, 0.5) is 5.69 Å². The Morgan fingerprint density at radius 1 is 0.951 bits per heavy atom. The van der Waals surface area contributed by atoms with Gasteiger partial charge in [0.25, 0.3) is 10.0 Å². The average Bonchev–Trinajstić information content (AvgIpc) is 2.96. The summed E-state index contributed by atoms with van der Waals surface area (Å²) in [6, 6.07) is 19.8. The van der Waals surface area contributed by atoms with Gasteiger partial charge in [-0.2, -0.15) is 0 Å². The maximum atomic E-state index is 14.1. The summed E-state index contributed by atoms with van der Waals surface area (Å²) in [7, 11) is -4.11. The topological polar surface area (TPSA) is 86.8 Å². The molecule has 2 amide bonds. The number of thioether (sulfide) groups is 1. The van der Waals surface area contributed by atoms with Crippen LogP contribution >= 0.6 is 23.4 Å². The zero-order valence-corrected chi connectivity index (χ0v) is 26.5. The van der Waals surface area contributed by atoms with Gasteiger partial charge in [0.1, 0.15) is 12.6 Å². The summed E-state index contributed by atoms with van der Waals surface area (Å²) in [5.74, 6) is -0.533. The van der Waals surface area contributed by atoms with Crippen LogP contribution in [0.1, 0.15) is 38.3 Å². The van der Waals surface area contributed by atoms with E-state index in [0.717, 1.165) is 20.3 Å². The second kappa shape index (κ2) is 14.8. The predicted octanol–water partition coefficient (Wildman–Crippen LogP) is 6.15. The van der Waals surface area contributed by atoms with E-state index in [1.54, 1.807) is 72.8 Å². The van der Waals surface area contributed by atoms with Crippen molar-refractivity contribution < 1.29 is 18.0 Å². The average molecular weight is 616 g/mol. The third kappa shape index (κ3) is 8.74. The van der Waals surface area contributed by atoms with Gasteiger partial charge in [-0.05, 0) is 79.6 Å². The van der Waals surface area contributed by atoms with Gasteiger partial charge in [0.05, 0.1) is 10.6 Å². The zero-order chi connectivity index (χ0) is 30.2. The lowest BCUT2D eigenvalue weighted by molar-refractivity contribution is -0.140. The zero-order valence-electron chi connectivity index (χ0n) is 24.1. The molecule has 0 aliphatic carbocycles. The van der Waals surface area contributed by atoms with Crippen molar-refractivity contribution in [3.05, 3.63) is 88.9 Å². The number of halogens is 1. The fourth-order valence-corrected chi connectivity index (χ4v) is 6.19. The van der Waals surface area contributed by atoms with Gasteiger partial charge in [0.15, 0.2) is 0 Å². The van der Waals surface area contributed by atoms with Crippen LogP contribution in [0.2, 0.25) is 5.02 Å². The standard InChI is InChI=1S/C31H38ClN3O4S2/c1-6-29(31(37)33-19-22(2)3)34(20-24-9-11-25(32)12-10-24)30(36)21-35(26-13-7-23(4)8-14-26)41(38,39)28-17-15-27(40-5)16-18-28/h7-18,22,29H,6,19-21H2,1-5H3,(H,33,37). The maximum Gasteiger partial charge on any atom is 0.264 e. The van der Waals surface area contributed by atoms with Crippen LogP contribution < -0.4 is 9.62 Å². The summed E-state index contributed by atoms with van der Waals surface area (Å²) in [5, 5.41) is 3.49. The fraction of sp³-hybridized carbons (Fsp3) is 0.355. The number of hydrogen-bond acceptors (Lipinski definition) is 5. The van der Waals surface area contributed by atoms with E-state index in [-0.39, 0.29) is 23.3 Å². The highest BCUT2D eigenvalue weighted by Crippen LogP contribution is 2.27. The van der Waals surface area contributed by atoms with Crippen molar-refractivity contribution in [2.45, 2.75) is 56.5 Å². The van der Waals surface area contributed by atoms with Gasteiger partial charge < -0.3 is 10.2 Å². The highest BCUT2D eigenvalue weighted by molar-refractivity contribution is 7.98. The molecule has 0 radical (unpaired) electrons.